The molecule has 16 heavy (non-hydrogen) atoms. The fourth-order valence-corrected chi connectivity index (χ4v) is 3.11. The number of para-hydroxylation sites is 1. The van der Waals surface area contributed by atoms with Gasteiger partial charge in [0.2, 0.25) is 5.91 Å². The molecule has 3 rings (SSSR count). The van der Waals surface area contributed by atoms with Crippen molar-refractivity contribution in [3.05, 3.63) is 29.8 Å². The van der Waals surface area contributed by atoms with Crippen LogP contribution in [-0.2, 0) is 10.2 Å². The van der Waals surface area contributed by atoms with Gasteiger partial charge in [-0.3, -0.25) is 4.79 Å². The van der Waals surface area contributed by atoms with Crippen LogP contribution >= 0.6 is 0 Å². The quantitative estimate of drug-likeness (QED) is 0.651. The van der Waals surface area contributed by atoms with E-state index >= 15 is 0 Å². The molecule has 2 heterocycles. The van der Waals surface area contributed by atoms with Gasteiger partial charge in [0.1, 0.15) is 0 Å². The summed E-state index contributed by atoms with van der Waals surface area (Å²) in [6.07, 6.45) is 0.948. The number of likely N-dealkylation sites (tertiary alicyclic amines) is 1. The number of amides is 1. The highest BCUT2D eigenvalue weighted by Crippen LogP contribution is 2.46. The number of fused-ring (bicyclic) bond motifs is 2. The summed E-state index contributed by atoms with van der Waals surface area (Å²) >= 11 is 0. The van der Waals surface area contributed by atoms with Crippen molar-refractivity contribution in [2.24, 2.45) is 0 Å². The zero-order valence-electron chi connectivity index (χ0n) is 9.73. The minimum Gasteiger partial charge on any atom is -0.314 e. The lowest BCUT2D eigenvalue weighted by Crippen LogP contribution is -2.40. The molecule has 1 saturated heterocycles. The molecule has 3 heteroatoms. The van der Waals surface area contributed by atoms with Gasteiger partial charge >= 0.3 is 0 Å². The Hall–Kier alpha value is -1.35. The molecule has 0 radical (unpaired) electrons. The smallest absolute Gasteiger partial charge is 0.238 e. The second-order valence-corrected chi connectivity index (χ2v) is 4.95. The molecule has 0 aliphatic carbocycles. The molecule has 84 valence electrons. The first-order chi connectivity index (χ1) is 7.65. The summed E-state index contributed by atoms with van der Waals surface area (Å²) in [7, 11) is 3.97. The average Bonchev–Trinajstić information content (AvgIpc) is 2.78. The lowest BCUT2D eigenvalue weighted by molar-refractivity contribution is -0.122. The molecule has 1 amide bonds. The Morgan fingerprint density at radius 1 is 1.25 bits per heavy atom. The van der Waals surface area contributed by atoms with Crippen LogP contribution in [0.15, 0.2) is 24.3 Å². The van der Waals surface area contributed by atoms with E-state index in [9.17, 15) is 4.79 Å². The molecule has 2 aliphatic heterocycles. The zero-order chi connectivity index (χ0) is 11.3. The van der Waals surface area contributed by atoms with E-state index in [-0.39, 0.29) is 11.3 Å². The number of hydrogen-bond acceptors (Lipinski definition) is 2. The van der Waals surface area contributed by atoms with Crippen LogP contribution in [0.25, 0.3) is 0 Å². The number of anilines is 1. The van der Waals surface area contributed by atoms with E-state index in [1.807, 2.05) is 30.1 Å². The normalized spacial score (nSPS) is 29.1. The fourth-order valence-electron chi connectivity index (χ4n) is 3.11. The first kappa shape index (κ1) is 9.85. The van der Waals surface area contributed by atoms with Gasteiger partial charge in [0.25, 0.3) is 0 Å². The van der Waals surface area contributed by atoms with E-state index in [1.54, 1.807) is 0 Å². The largest absolute Gasteiger partial charge is 0.314 e. The topological polar surface area (TPSA) is 23.6 Å². The van der Waals surface area contributed by atoms with Crippen LogP contribution in [-0.4, -0.2) is 38.0 Å². The second kappa shape index (κ2) is 3.08. The molecular weight excluding hydrogens is 200 g/mol. The number of rotatable bonds is 0. The summed E-state index contributed by atoms with van der Waals surface area (Å²) in [5.74, 6) is 0.262. The molecule has 1 spiro atoms. The number of nitrogens with zero attached hydrogens (tertiary/aromatic N) is 2. The van der Waals surface area contributed by atoms with E-state index in [0.29, 0.717) is 0 Å². The summed E-state index contributed by atoms with van der Waals surface area (Å²) in [6, 6.07) is 8.18. The Kier molecular flexibility index (Phi) is 1.89. The van der Waals surface area contributed by atoms with E-state index in [1.165, 1.54) is 5.56 Å². The molecule has 3 nitrogen and oxygen atoms in total. The highest BCUT2D eigenvalue weighted by atomic mass is 16.2. The average molecular weight is 216 g/mol. The standard InChI is InChI=1S/C13H16N2O/c1-14-8-7-13(9-14)10-5-3-4-6-11(10)15(2)12(13)16/h3-6H,7-9H2,1-2H3/t13-/m1/s1. The Morgan fingerprint density at radius 2 is 2.00 bits per heavy atom. The summed E-state index contributed by atoms with van der Waals surface area (Å²) < 4.78 is 0. The van der Waals surface area contributed by atoms with Crippen molar-refractivity contribution >= 4 is 11.6 Å². The van der Waals surface area contributed by atoms with Crippen LogP contribution in [0.5, 0.6) is 0 Å². The number of hydrogen-bond donors (Lipinski definition) is 0. The summed E-state index contributed by atoms with van der Waals surface area (Å²) in [4.78, 5) is 16.5. The first-order valence-electron chi connectivity index (χ1n) is 5.71. The van der Waals surface area contributed by atoms with Crippen LogP contribution in [0.1, 0.15) is 12.0 Å². The fraction of sp³-hybridized carbons (Fsp3) is 0.462. The molecule has 1 aromatic carbocycles. The second-order valence-electron chi connectivity index (χ2n) is 4.95. The molecular formula is C13H16N2O. The number of benzene rings is 1. The van der Waals surface area contributed by atoms with Gasteiger partial charge < -0.3 is 9.80 Å². The summed E-state index contributed by atoms with van der Waals surface area (Å²) in [5.41, 5.74) is 2.04. The highest BCUT2D eigenvalue weighted by Gasteiger charge is 2.52. The highest BCUT2D eigenvalue weighted by molar-refractivity contribution is 6.08. The maximum Gasteiger partial charge on any atom is 0.238 e. The van der Waals surface area contributed by atoms with E-state index in [0.717, 1.165) is 25.2 Å². The molecule has 2 aliphatic rings. The third-order valence-corrected chi connectivity index (χ3v) is 3.96. The van der Waals surface area contributed by atoms with E-state index in [4.69, 9.17) is 0 Å². The molecule has 1 atom stereocenters. The Bertz CT molecular complexity index is 457. The van der Waals surface area contributed by atoms with Crippen molar-refractivity contribution in [3.8, 4) is 0 Å². The number of carbonyl (C=O) groups is 1. The van der Waals surface area contributed by atoms with Gasteiger partial charge in [-0.05, 0) is 31.6 Å². The van der Waals surface area contributed by atoms with Crippen LogP contribution in [0.3, 0.4) is 0 Å². The Balaban J connectivity index is 2.17. The lowest BCUT2D eigenvalue weighted by atomic mass is 9.81. The van der Waals surface area contributed by atoms with Crippen molar-refractivity contribution in [3.63, 3.8) is 0 Å². The van der Waals surface area contributed by atoms with Gasteiger partial charge in [0, 0.05) is 19.3 Å². The van der Waals surface area contributed by atoms with Gasteiger partial charge in [0.05, 0.1) is 5.41 Å². The molecule has 1 aromatic rings. The van der Waals surface area contributed by atoms with Crippen molar-refractivity contribution in [2.45, 2.75) is 11.8 Å². The van der Waals surface area contributed by atoms with Crippen molar-refractivity contribution in [2.75, 3.05) is 32.1 Å². The third-order valence-electron chi connectivity index (χ3n) is 3.96. The molecule has 0 unspecified atom stereocenters. The predicted octanol–water partition coefficient (Wildman–Crippen LogP) is 1.24. The number of carbonyl (C=O) groups excluding carboxylic acids is 1. The number of likely N-dealkylation sites (N-methyl/N-ethyl adjacent to an activating group) is 2. The predicted molar refractivity (Wildman–Crippen MR) is 63.6 cm³/mol. The Morgan fingerprint density at radius 3 is 2.69 bits per heavy atom. The monoisotopic (exact) mass is 216 g/mol. The van der Waals surface area contributed by atoms with Crippen LogP contribution in [0, 0.1) is 0 Å². The van der Waals surface area contributed by atoms with Crippen LogP contribution in [0.2, 0.25) is 0 Å². The minimum atomic E-state index is -0.264. The summed E-state index contributed by atoms with van der Waals surface area (Å²) in [6.45, 7) is 1.86. The van der Waals surface area contributed by atoms with Crippen molar-refractivity contribution in [1.29, 1.82) is 0 Å². The van der Waals surface area contributed by atoms with Crippen LogP contribution in [0.4, 0.5) is 5.69 Å². The summed E-state index contributed by atoms with van der Waals surface area (Å²) in [5, 5.41) is 0. The maximum absolute atomic E-state index is 12.4. The van der Waals surface area contributed by atoms with Gasteiger partial charge in [-0.2, -0.15) is 0 Å². The van der Waals surface area contributed by atoms with Gasteiger partial charge in [-0.25, -0.2) is 0 Å². The lowest BCUT2D eigenvalue weighted by Gasteiger charge is -2.22. The first-order valence-corrected chi connectivity index (χ1v) is 5.71. The molecule has 0 bridgehead atoms. The van der Waals surface area contributed by atoms with Gasteiger partial charge in [-0.15, -0.1) is 0 Å². The van der Waals surface area contributed by atoms with Crippen LogP contribution < -0.4 is 4.90 Å². The van der Waals surface area contributed by atoms with Gasteiger partial charge in [-0.1, -0.05) is 18.2 Å². The van der Waals surface area contributed by atoms with E-state index < -0.39 is 0 Å². The third kappa shape index (κ3) is 1.04. The van der Waals surface area contributed by atoms with Crippen molar-refractivity contribution in [1.82, 2.24) is 4.90 Å². The Labute approximate surface area is 95.7 Å². The van der Waals surface area contributed by atoms with Crippen molar-refractivity contribution < 1.29 is 4.79 Å². The molecule has 0 aromatic heterocycles. The SMILES string of the molecule is CN1CC[C@]2(C1)C(=O)N(C)c1ccccc12. The minimum absolute atomic E-state index is 0.262. The van der Waals surface area contributed by atoms with E-state index in [2.05, 4.69) is 18.0 Å². The maximum atomic E-state index is 12.4. The van der Waals surface area contributed by atoms with Gasteiger partial charge in [0.15, 0.2) is 0 Å². The molecule has 0 saturated carbocycles. The zero-order valence-corrected chi connectivity index (χ0v) is 9.73. The molecule has 0 N–H and O–H groups in total. The molecule has 1 fully saturated rings.